The second-order valence-corrected chi connectivity index (χ2v) is 6.36. The van der Waals surface area contributed by atoms with Gasteiger partial charge in [0.1, 0.15) is 5.39 Å². The number of hydrogen-bond donors (Lipinski definition) is 2. The fraction of sp³-hybridized carbons (Fsp3) is 0.312. The largest absolute Gasteiger partial charge is 0.353 e. The molecule has 3 aromatic rings. The molecule has 23 heavy (non-hydrogen) atoms. The summed E-state index contributed by atoms with van der Waals surface area (Å²) in [6, 6.07) is 9.90. The summed E-state index contributed by atoms with van der Waals surface area (Å²) >= 11 is 1.80. The maximum absolute atomic E-state index is 12.2. The maximum atomic E-state index is 12.2. The molecule has 3 rings (SSSR count). The van der Waals surface area contributed by atoms with E-state index in [1.807, 2.05) is 30.3 Å². The Morgan fingerprint density at radius 2 is 2.13 bits per heavy atom. The number of nitrogens with one attached hydrogen (secondary N) is 2. The van der Waals surface area contributed by atoms with Crippen LogP contribution in [0.2, 0.25) is 0 Å². The number of rotatable bonds is 6. The van der Waals surface area contributed by atoms with Crippen molar-refractivity contribution in [1.29, 1.82) is 0 Å². The van der Waals surface area contributed by atoms with E-state index in [1.165, 1.54) is 0 Å². The molecule has 0 bridgehead atoms. The van der Waals surface area contributed by atoms with Crippen LogP contribution in [0.4, 0.5) is 5.95 Å². The van der Waals surface area contributed by atoms with Crippen LogP contribution >= 0.6 is 11.8 Å². The molecule has 0 saturated heterocycles. The van der Waals surface area contributed by atoms with Crippen molar-refractivity contribution in [3.63, 3.8) is 0 Å². The van der Waals surface area contributed by atoms with Crippen molar-refractivity contribution in [2.45, 2.75) is 19.4 Å². The summed E-state index contributed by atoms with van der Waals surface area (Å²) < 4.78 is 1.68. The molecule has 0 amide bonds. The van der Waals surface area contributed by atoms with Crippen molar-refractivity contribution in [2.24, 2.45) is 0 Å². The fourth-order valence-corrected chi connectivity index (χ4v) is 2.93. The van der Waals surface area contributed by atoms with Crippen molar-refractivity contribution >= 4 is 28.7 Å². The number of thioether (sulfide) groups is 1. The van der Waals surface area contributed by atoms with Crippen LogP contribution < -0.4 is 10.9 Å². The Morgan fingerprint density at radius 3 is 2.87 bits per heavy atom. The molecule has 0 aliphatic rings. The van der Waals surface area contributed by atoms with Gasteiger partial charge in [-0.15, -0.1) is 0 Å². The summed E-state index contributed by atoms with van der Waals surface area (Å²) in [5.74, 6) is 1.54. The first-order valence-electron chi connectivity index (χ1n) is 7.48. The van der Waals surface area contributed by atoms with Crippen LogP contribution in [0, 0.1) is 0 Å². The van der Waals surface area contributed by atoms with Gasteiger partial charge in [-0.3, -0.25) is 9.78 Å². The quantitative estimate of drug-likeness (QED) is 0.727. The second kappa shape index (κ2) is 6.87. The molecule has 1 unspecified atom stereocenters. The summed E-state index contributed by atoms with van der Waals surface area (Å²) in [6.45, 7) is 2.08. The summed E-state index contributed by atoms with van der Waals surface area (Å²) in [5, 5.41) is 8.04. The molecule has 0 aliphatic carbocycles. The minimum atomic E-state index is -0.184. The average Bonchev–Trinajstić information content (AvgIpc) is 2.98. The van der Waals surface area contributed by atoms with Gasteiger partial charge in [0.25, 0.3) is 5.56 Å². The normalized spacial score (nSPS) is 12.4. The van der Waals surface area contributed by atoms with E-state index in [2.05, 4.69) is 33.6 Å². The van der Waals surface area contributed by atoms with Crippen LogP contribution in [-0.2, 0) is 0 Å². The molecule has 0 saturated carbocycles. The molecule has 1 aromatic carbocycles. The molecule has 0 fully saturated rings. The van der Waals surface area contributed by atoms with Crippen molar-refractivity contribution in [1.82, 2.24) is 19.7 Å². The summed E-state index contributed by atoms with van der Waals surface area (Å²) in [7, 11) is 0. The lowest BCUT2D eigenvalue weighted by Gasteiger charge is -2.13. The highest BCUT2D eigenvalue weighted by Crippen LogP contribution is 2.15. The van der Waals surface area contributed by atoms with Crippen LogP contribution in [0.1, 0.15) is 13.3 Å². The van der Waals surface area contributed by atoms with Gasteiger partial charge in [0, 0.05) is 6.04 Å². The van der Waals surface area contributed by atoms with E-state index in [0.29, 0.717) is 17.0 Å². The lowest BCUT2D eigenvalue weighted by Crippen LogP contribution is -2.21. The molecule has 7 heteroatoms. The lowest BCUT2D eigenvalue weighted by molar-refractivity contribution is 0.759. The number of anilines is 1. The van der Waals surface area contributed by atoms with E-state index in [4.69, 9.17) is 0 Å². The number of para-hydroxylation sites is 1. The summed E-state index contributed by atoms with van der Waals surface area (Å²) in [4.78, 5) is 19.6. The first-order valence-corrected chi connectivity index (χ1v) is 8.87. The van der Waals surface area contributed by atoms with E-state index in [0.717, 1.165) is 17.9 Å². The third-order valence-electron chi connectivity index (χ3n) is 3.58. The Balaban J connectivity index is 1.98. The third kappa shape index (κ3) is 3.39. The van der Waals surface area contributed by atoms with Gasteiger partial charge in [-0.25, -0.2) is 4.68 Å². The van der Waals surface area contributed by atoms with Gasteiger partial charge in [0.2, 0.25) is 5.95 Å². The Bertz CT molecular complexity index is 843. The van der Waals surface area contributed by atoms with Gasteiger partial charge in [0.15, 0.2) is 5.65 Å². The fourth-order valence-electron chi connectivity index (χ4n) is 2.35. The second-order valence-electron chi connectivity index (χ2n) is 5.37. The molecular weight excluding hydrogens is 310 g/mol. The molecule has 0 aliphatic heterocycles. The van der Waals surface area contributed by atoms with Gasteiger partial charge >= 0.3 is 0 Å². The number of aromatic amines is 1. The molecule has 0 spiro atoms. The molecule has 6 nitrogen and oxygen atoms in total. The molecular formula is C16H19N5OS. The molecule has 2 heterocycles. The van der Waals surface area contributed by atoms with Gasteiger partial charge in [-0.1, -0.05) is 18.2 Å². The Kier molecular flexibility index (Phi) is 4.66. The lowest BCUT2D eigenvalue weighted by atomic mass is 10.3. The number of benzene rings is 1. The first kappa shape index (κ1) is 15.6. The zero-order chi connectivity index (χ0) is 16.2. The maximum Gasteiger partial charge on any atom is 0.263 e. The first-order chi connectivity index (χ1) is 11.2. The van der Waals surface area contributed by atoms with E-state index in [-0.39, 0.29) is 11.6 Å². The topological polar surface area (TPSA) is 75.6 Å². The van der Waals surface area contributed by atoms with Crippen molar-refractivity contribution in [3.8, 4) is 5.69 Å². The van der Waals surface area contributed by atoms with Crippen LogP contribution in [0.3, 0.4) is 0 Å². The number of aromatic nitrogens is 4. The zero-order valence-corrected chi connectivity index (χ0v) is 13.9. The Labute approximate surface area is 138 Å². The summed E-state index contributed by atoms with van der Waals surface area (Å²) in [5.41, 5.74) is 1.25. The van der Waals surface area contributed by atoms with Crippen molar-refractivity contribution in [3.05, 3.63) is 46.9 Å². The third-order valence-corrected chi connectivity index (χ3v) is 4.22. The smallest absolute Gasteiger partial charge is 0.263 e. The van der Waals surface area contributed by atoms with Gasteiger partial charge in [-0.05, 0) is 37.5 Å². The van der Waals surface area contributed by atoms with Crippen LogP contribution in [0.15, 0.2) is 41.3 Å². The molecule has 1 atom stereocenters. The molecule has 0 radical (unpaired) electrons. The zero-order valence-electron chi connectivity index (χ0n) is 13.1. The standard InChI is InChI=1S/C16H19N5OS/c1-11(8-9-23-2)18-16-19-14-13(15(22)20-16)10-17-21(14)12-6-4-3-5-7-12/h3-7,10-11H,8-9H2,1-2H3,(H2,18,19,20,22). The number of fused-ring (bicyclic) bond motifs is 1. The van der Waals surface area contributed by atoms with Crippen molar-refractivity contribution in [2.75, 3.05) is 17.3 Å². The number of hydrogen-bond acceptors (Lipinski definition) is 5. The van der Waals surface area contributed by atoms with Crippen LogP contribution in [0.25, 0.3) is 16.7 Å². The minimum absolute atomic E-state index is 0.184. The predicted molar refractivity (Wildman–Crippen MR) is 95.6 cm³/mol. The van der Waals surface area contributed by atoms with E-state index in [9.17, 15) is 4.79 Å². The van der Waals surface area contributed by atoms with Crippen LogP contribution in [-0.4, -0.2) is 37.8 Å². The summed E-state index contributed by atoms with van der Waals surface area (Å²) in [6.07, 6.45) is 4.63. The van der Waals surface area contributed by atoms with Gasteiger partial charge < -0.3 is 5.32 Å². The highest BCUT2D eigenvalue weighted by Gasteiger charge is 2.12. The highest BCUT2D eigenvalue weighted by molar-refractivity contribution is 7.98. The average molecular weight is 329 g/mol. The minimum Gasteiger partial charge on any atom is -0.353 e. The molecule has 2 aromatic heterocycles. The van der Waals surface area contributed by atoms with E-state index >= 15 is 0 Å². The predicted octanol–water partition coefficient (Wildman–Crippen LogP) is 2.66. The van der Waals surface area contributed by atoms with E-state index < -0.39 is 0 Å². The molecule has 120 valence electrons. The Hall–Kier alpha value is -2.28. The Morgan fingerprint density at radius 1 is 1.35 bits per heavy atom. The van der Waals surface area contributed by atoms with Crippen LogP contribution in [0.5, 0.6) is 0 Å². The van der Waals surface area contributed by atoms with Gasteiger partial charge in [0.05, 0.1) is 11.9 Å². The highest BCUT2D eigenvalue weighted by atomic mass is 32.2. The van der Waals surface area contributed by atoms with Gasteiger partial charge in [-0.2, -0.15) is 21.8 Å². The monoisotopic (exact) mass is 329 g/mol. The molecule has 2 N–H and O–H groups in total. The number of H-pyrrole nitrogens is 1. The number of nitrogens with zero attached hydrogens (tertiary/aromatic N) is 3. The van der Waals surface area contributed by atoms with E-state index in [1.54, 1.807) is 22.6 Å². The SMILES string of the molecule is CSCCC(C)Nc1nc2c(cnn2-c2ccccc2)c(=O)[nH]1. The van der Waals surface area contributed by atoms with Crippen molar-refractivity contribution < 1.29 is 0 Å².